The van der Waals surface area contributed by atoms with E-state index in [1.165, 1.54) is 28.8 Å². The minimum absolute atomic E-state index is 0.0260. The molecule has 3 aliphatic rings. The normalized spacial score (nSPS) is 22.5. The molecular formula is C34H37F3N6O5. The van der Waals surface area contributed by atoms with Gasteiger partial charge >= 0.3 is 5.69 Å². The lowest BCUT2D eigenvalue weighted by molar-refractivity contribution is -0.126. The molecule has 6 rings (SSSR count). The first-order chi connectivity index (χ1) is 23.0. The van der Waals surface area contributed by atoms with Crippen LogP contribution in [0.5, 0.6) is 5.75 Å². The van der Waals surface area contributed by atoms with Gasteiger partial charge in [-0.25, -0.2) is 27.5 Å². The smallest absolute Gasteiger partial charge is 0.355 e. The molecule has 254 valence electrons. The Labute approximate surface area is 275 Å². The summed E-state index contributed by atoms with van der Waals surface area (Å²) in [6.07, 6.45) is 1.90. The molecule has 1 aromatic carbocycles. The fourth-order valence-corrected chi connectivity index (χ4v) is 6.62. The number of hydrogen-bond acceptors (Lipinski definition) is 9. The van der Waals surface area contributed by atoms with Crippen LogP contribution in [0.25, 0.3) is 28.0 Å². The van der Waals surface area contributed by atoms with Gasteiger partial charge in [-0.1, -0.05) is 26.5 Å². The number of alkyl halides is 1. The van der Waals surface area contributed by atoms with Gasteiger partial charge in [0, 0.05) is 31.2 Å². The number of aromatic nitrogens is 3. The largest absolute Gasteiger partial charge is 0.490 e. The number of aliphatic hydroxyl groups is 1. The van der Waals surface area contributed by atoms with Crippen molar-refractivity contribution in [3.05, 3.63) is 76.9 Å². The number of benzene rings is 1. The molecule has 1 saturated heterocycles. The van der Waals surface area contributed by atoms with E-state index >= 15 is 8.78 Å². The molecule has 2 N–H and O–H groups in total. The predicted octanol–water partition coefficient (Wildman–Crippen LogP) is 3.42. The van der Waals surface area contributed by atoms with Gasteiger partial charge in [0.1, 0.15) is 48.6 Å². The van der Waals surface area contributed by atoms with Crippen molar-refractivity contribution in [1.29, 1.82) is 0 Å². The van der Waals surface area contributed by atoms with Crippen LogP contribution in [0.1, 0.15) is 20.8 Å². The lowest BCUT2D eigenvalue weighted by Gasteiger charge is -2.40. The molecule has 3 aliphatic heterocycles. The molecule has 11 nitrogen and oxygen atoms in total. The molecule has 3 unspecified atom stereocenters. The molecule has 4 atom stereocenters. The molecule has 1 amide bonds. The zero-order valence-electron chi connectivity index (χ0n) is 26.8. The number of rotatable bonds is 6. The molecule has 0 saturated carbocycles. The van der Waals surface area contributed by atoms with E-state index in [4.69, 9.17) is 9.47 Å². The number of aliphatic hydroxyl groups excluding tert-OH is 1. The Hall–Kier alpha value is -4.69. The lowest BCUT2D eigenvalue weighted by atomic mass is 9.90. The summed E-state index contributed by atoms with van der Waals surface area (Å²) in [6, 6.07) is 4.19. The summed E-state index contributed by atoms with van der Waals surface area (Å²) in [5.74, 6) is -2.07. The van der Waals surface area contributed by atoms with Crippen molar-refractivity contribution in [3.63, 3.8) is 0 Å². The molecule has 3 aromatic rings. The average Bonchev–Trinajstić information content (AvgIpc) is 3.06. The summed E-state index contributed by atoms with van der Waals surface area (Å²) in [4.78, 5) is 39.3. The Morgan fingerprint density at radius 3 is 2.75 bits per heavy atom. The molecule has 14 heteroatoms. The van der Waals surface area contributed by atoms with Crippen LogP contribution in [-0.4, -0.2) is 94.3 Å². The van der Waals surface area contributed by atoms with E-state index in [0.29, 0.717) is 24.4 Å². The van der Waals surface area contributed by atoms with Crippen LogP contribution >= 0.6 is 0 Å². The van der Waals surface area contributed by atoms with Gasteiger partial charge in [0.05, 0.1) is 29.3 Å². The Balaban J connectivity index is 1.70. The first-order valence-electron chi connectivity index (χ1n) is 15.8. The third-order valence-corrected chi connectivity index (χ3v) is 8.88. The number of pyridine rings is 1. The molecule has 2 bridgehead atoms. The van der Waals surface area contributed by atoms with E-state index in [1.54, 1.807) is 17.2 Å². The average molecular weight is 667 g/mol. The fraction of sp³-hybridized carbons (Fsp3) is 0.412. The maximum atomic E-state index is 16.3. The maximum absolute atomic E-state index is 16.3. The first kappa shape index (κ1) is 33.2. The highest BCUT2D eigenvalue weighted by Gasteiger charge is 2.37. The number of nitrogens with one attached hydrogen (secondary N) is 1. The number of anilines is 1. The Morgan fingerprint density at radius 1 is 1.25 bits per heavy atom. The van der Waals surface area contributed by atoms with Crippen molar-refractivity contribution in [1.82, 2.24) is 24.8 Å². The SMILES string of the molecule is C=CC(=O)N1CCN(c2nc(=O)n3c4nc(c(F)cc24)-c2c(F)cccc2OCC(O)C(OCCF)C2=C3C(C(C)C)NC=C2)[C@@H](C)C1. The van der Waals surface area contributed by atoms with Gasteiger partial charge in [-0.15, -0.1) is 0 Å². The highest BCUT2D eigenvalue weighted by molar-refractivity contribution is 5.92. The van der Waals surface area contributed by atoms with Crippen LogP contribution in [0.2, 0.25) is 0 Å². The number of halogens is 3. The molecule has 5 heterocycles. The minimum Gasteiger partial charge on any atom is -0.490 e. The summed E-state index contributed by atoms with van der Waals surface area (Å²) in [6.45, 7) is 8.49. The number of nitrogens with zero attached hydrogens (tertiary/aromatic N) is 5. The van der Waals surface area contributed by atoms with Gasteiger partial charge in [-0.05, 0) is 49.4 Å². The van der Waals surface area contributed by atoms with Crippen molar-refractivity contribution >= 4 is 28.5 Å². The molecule has 1 fully saturated rings. The molecular weight excluding hydrogens is 629 g/mol. The van der Waals surface area contributed by atoms with E-state index in [2.05, 4.69) is 21.9 Å². The zero-order chi connectivity index (χ0) is 34.3. The number of carbonyl (C=O) groups is 1. The van der Waals surface area contributed by atoms with Crippen molar-refractivity contribution in [2.75, 3.05) is 44.4 Å². The Morgan fingerprint density at radius 2 is 2.04 bits per heavy atom. The molecule has 48 heavy (non-hydrogen) atoms. The van der Waals surface area contributed by atoms with Gasteiger partial charge in [-0.2, -0.15) is 4.98 Å². The predicted molar refractivity (Wildman–Crippen MR) is 174 cm³/mol. The summed E-state index contributed by atoms with van der Waals surface area (Å²) < 4.78 is 58.3. The number of fused-ring (bicyclic) bond motifs is 4. The van der Waals surface area contributed by atoms with Crippen LogP contribution in [0.3, 0.4) is 0 Å². The van der Waals surface area contributed by atoms with E-state index in [1.807, 2.05) is 25.7 Å². The van der Waals surface area contributed by atoms with Gasteiger partial charge < -0.3 is 29.7 Å². The van der Waals surface area contributed by atoms with E-state index in [9.17, 15) is 19.1 Å². The summed E-state index contributed by atoms with van der Waals surface area (Å²) in [7, 11) is 0. The summed E-state index contributed by atoms with van der Waals surface area (Å²) >= 11 is 0. The second kappa shape index (κ2) is 13.4. The van der Waals surface area contributed by atoms with Crippen molar-refractivity contribution in [3.8, 4) is 17.0 Å². The second-order valence-electron chi connectivity index (χ2n) is 12.3. The number of carbonyl (C=O) groups excluding carboxylic acids is 1. The van der Waals surface area contributed by atoms with Crippen LogP contribution in [0.4, 0.5) is 19.0 Å². The van der Waals surface area contributed by atoms with E-state index in [-0.39, 0.29) is 59.2 Å². The van der Waals surface area contributed by atoms with Gasteiger partial charge in [0.2, 0.25) is 5.91 Å². The molecule has 2 aromatic heterocycles. The minimum atomic E-state index is -1.42. The van der Waals surface area contributed by atoms with Gasteiger partial charge in [0.15, 0.2) is 11.5 Å². The molecule has 0 radical (unpaired) electrons. The third kappa shape index (κ3) is 5.83. The number of hydrogen-bond donors (Lipinski definition) is 2. The second-order valence-corrected chi connectivity index (χ2v) is 12.3. The van der Waals surface area contributed by atoms with Crippen LogP contribution < -0.4 is 20.6 Å². The van der Waals surface area contributed by atoms with Crippen LogP contribution in [0.15, 0.2) is 59.6 Å². The summed E-state index contributed by atoms with van der Waals surface area (Å²) in [5, 5.41) is 14.9. The number of piperazine rings is 1. The summed E-state index contributed by atoms with van der Waals surface area (Å²) in [5.41, 5.74) is -0.856. The molecule has 0 spiro atoms. The zero-order valence-corrected chi connectivity index (χ0v) is 26.8. The lowest BCUT2D eigenvalue weighted by Crippen LogP contribution is -2.54. The quantitative estimate of drug-likeness (QED) is 0.382. The maximum Gasteiger partial charge on any atom is 0.355 e. The van der Waals surface area contributed by atoms with Crippen molar-refractivity contribution < 1.29 is 32.5 Å². The topological polar surface area (TPSA) is 122 Å². The Bertz CT molecular complexity index is 1880. The highest BCUT2D eigenvalue weighted by atomic mass is 19.1. The fourth-order valence-electron chi connectivity index (χ4n) is 6.62. The highest BCUT2D eigenvalue weighted by Crippen LogP contribution is 2.39. The number of amides is 1. The third-order valence-electron chi connectivity index (χ3n) is 8.88. The van der Waals surface area contributed by atoms with Crippen LogP contribution in [-0.2, 0) is 9.53 Å². The Kier molecular flexibility index (Phi) is 9.30. The van der Waals surface area contributed by atoms with E-state index in [0.717, 1.165) is 6.07 Å². The van der Waals surface area contributed by atoms with E-state index < -0.39 is 54.5 Å². The molecule has 0 aliphatic carbocycles. The standard InChI is InChI=1S/C34H37F3N6O5/c1-5-26(45)41-12-13-42(19(4)16-41)32-21-15-23(37)29-27-22(36)7-6-8-25(27)48-17-24(44)31(47-14-10-35)20-9-11-38-28(18(2)3)30(20)43(33(21)39-29)34(46)40-32/h5-9,11,15,18-19,24,28,31,38,44H,1,10,12-14,16-17H2,2-4H3/t19-,24?,28?,31?/m0/s1. The number of ether oxygens (including phenoxy) is 2. The van der Waals surface area contributed by atoms with Gasteiger partial charge in [0.25, 0.3) is 0 Å². The van der Waals surface area contributed by atoms with Crippen molar-refractivity contribution in [2.45, 2.75) is 45.1 Å². The monoisotopic (exact) mass is 666 g/mol. The first-order valence-corrected chi connectivity index (χ1v) is 15.8. The number of dihydropyridines is 1. The van der Waals surface area contributed by atoms with Crippen LogP contribution in [0, 0.1) is 17.6 Å². The van der Waals surface area contributed by atoms with Gasteiger partial charge in [-0.3, -0.25) is 4.79 Å². The van der Waals surface area contributed by atoms with Crippen molar-refractivity contribution in [2.24, 2.45) is 5.92 Å².